The summed E-state index contributed by atoms with van der Waals surface area (Å²) in [5.74, 6) is -3.30. The van der Waals surface area contributed by atoms with E-state index in [-0.39, 0.29) is 18.0 Å². The molecule has 0 radical (unpaired) electrons. The van der Waals surface area contributed by atoms with Gasteiger partial charge in [-0.1, -0.05) is 0 Å². The fourth-order valence-corrected chi connectivity index (χ4v) is 4.04. The Morgan fingerprint density at radius 2 is 2.08 bits per heavy atom. The molecule has 0 aromatic carbocycles. The van der Waals surface area contributed by atoms with E-state index < -0.39 is 30.2 Å². The number of hydrogen-bond acceptors (Lipinski definition) is 4. The Kier molecular flexibility index (Phi) is 3.73. The van der Waals surface area contributed by atoms with E-state index >= 15 is 0 Å². The van der Waals surface area contributed by atoms with Gasteiger partial charge in [0.25, 0.3) is 11.8 Å². The molecule has 8 heteroatoms. The highest BCUT2D eigenvalue weighted by atomic mass is 19.3. The van der Waals surface area contributed by atoms with Crippen LogP contribution < -0.4 is 0 Å². The number of alkyl halides is 2. The number of amides is 2. The van der Waals surface area contributed by atoms with Gasteiger partial charge in [-0.15, -0.1) is 0 Å². The molecule has 2 saturated heterocycles. The maximum atomic E-state index is 14.4. The van der Waals surface area contributed by atoms with Crippen LogP contribution >= 0.6 is 0 Å². The number of halogens is 2. The van der Waals surface area contributed by atoms with Crippen molar-refractivity contribution in [3.05, 3.63) is 24.0 Å². The molecule has 25 heavy (non-hydrogen) atoms. The zero-order valence-corrected chi connectivity index (χ0v) is 13.8. The quantitative estimate of drug-likeness (QED) is 0.830. The van der Waals surface area contributed by atoms with E-state index in [0.29, 0.717) is 25.4 Å². The van der Waals surface area contributed by atoms with Crippen LogP contribution in [0.3, 0.4) is 0 Å². The molecule has 1 aliphatic carbocycles. The summed E-state index contributed by atoms with van der Waals surface area (Å²) in [6.07, 6.45) is 4.73. The molecule has 1 atom stereocenters. The Hall–Kier alpha value is -2.12. The van der Waals surface area contributed by atoms with Crippen LogP contribution in [0.25, 0.3) is 0 Å². The molecular weight excluding hydrogens is 330 g/mol. The molecule has 1 saturated carbocycles. The Morgan fingerprint density at radius 1 is 1.28 bits per heavy atom. The minimum Gasteiger partial charge on any atom is -0.342 e. The molecule has 3 fully saturated rings. The summed E-state index contributed by atoms with van der Waals surface area (Å²) in [4.78, 5) is 28.3. The van der Waals surface area contributed by atoms with Crippen LogP contribution in [0.5, 0.6) is 0 Å². The van der Waals surface area contributed by atoms with Gasteiger partial charge in [-0.2, -0.15) is 10.2 Å². The van der Waals surface area contributed by atoms with E-state index in [1.807, 2.05) is 0 Å². The molecule has 1 spiro atoms. The highest BCUT2D eigenvalue weighted by Gasteiger charge is 2.57. The van der Waals surface area contributed by atoms with Crippen molar-refractivity contribution >= 4 is 11.8 Å². The average Bonchev–Trinajstić information content (AvgIpc) is 3.36. The van der Waals surface area contributed by atoms with Gasteiger partial charge in [0.05, 0.1) is 29.9 Å². The third-order valence-corrected chi connectivity index (χ3v) is 5.41. The van der Waals surface area contributed by atoms with E-state index in [1.54, 1.807) is 4.90 Å². The van der Waals surface area contributed by atoms with Crippen LogP contribution in [0.2, 0.25) is 0 Å². The number of piperidine rings is 1. The third kappa shape index (κ3) is 3.09. The maximum Gasteiger partial charge on any atom is 0.266 e. The first-order valence-electron chi connectivity index (χ1n) is 8.62. The van der Waals surface area contributed by atoms with Crippen LogP contribution in [0.1, 0.15) is 36.0 Å². The minimum absolute atomic E-state index is 0.0454. The average molecular weight is 350 g/mol. The van der Waals surface area contributed by atoms with Crippen molar-refractivity contribution in [3.8, 4) is 0 Å². The van der Waals surface area contributed by atoms with E-state index in [4.69, 9.17) is 0 Å². The molecule has 6 nitrogen and oxygen atoms in total. The number of carbonyl (C=O) groups excluding carboxylic acids is 2. The SMILES string of the molecule is O=C(c1ccnnc1)N1CC(F)(F)C[C@@]2(CCN(CC3CC3)C2=O)C1. The lowest BCUT2D eigenvalue weighted by Gasteiger charge is -2.42. The predicted molar refractivity (Wildman–Crippen MR) is 83.9 cm³/mol. The third-order valence-electron chi connectivity index (χ3n) is 5.41. The number of carbonyl (C=O) groups is 2. The summed E-state index contributed by atoms with van der Waals surface area (Å²) >= 11 is 0. The first kappa shape index (κ1) is 16.4. The molecule has 134 valence electrons. The van der Waals surface area contributed by atoms with Crippen molar-refractivity contribution in [1.29, 1.82) is 0 Å². The molecule has 2 amide bonds. The molecule has 0 N–H and O–H groups in total. The van der Waals surface area contributed by atoms with Crippen LogP contribution in [0, 0.1) is 11.3 Å². The standard InChI is InChI=1S/C17H20F2N4O2/c18-17(19)9-16(4-6-22(15(16)25)8-12-1-2-12)10-23(11-17)14(24)13-3-5-20-21-7-13/h3,5,7,12H,1-2,4,6,8-11H2/t16-/m0/s1. The van der Waals surface area contributed by atoms with Gasteiger partial charge in [0.2, 0.25) is 5.91 Å². The van der Waals surface area contributed by atoms with Crippen LogP contribution in [-0.4, -0.2) is 63.9 Å². The highest BCUT2D eigenvalue weighted by Crippen LogP contribution is 2.46. The first-order chi connectivity index (χ1) is 11.9. The second-order valence-electron chi connectivity index (χ2n) is 7.55. The van der Waals surface area contributed by atoms with Crippen molar-refractivity contribution in [2.24, 2.45) is 11.3 Å². The summed E-state index contributed by atoms with van der Waals surface area (Å²) in [5.41, 5.74) is -0.949. The molecule has 0 unspecified atom stereocenters. The van der Waals surface area contributed by atoms with Crippen LogP contribution in [0.15, 0.2) is 18.5 Å². The molecule has 4 rings (SSSR count). The van der Waals surface area contributed by atoms with Gasteiger partial charge in [0, 0.05) is 26.1 Å². The monoisotopic (exact) mass is 350 g/mol. The normalized spacial score (nSPS) is 28.6. The Morgan fingerprint density at radius 3 is 2.76 bits per heavy atom. The second kappa shape index (κ2) is 5.71. The van der Waals surface area contributed by atoms with E-state index in [9.17, 15) is 18.4 Å². The van der Waals surface area contributed by atoms with Crippen LogP contribution in [0.4, 0.5) is 8.78 Å². The number of likely N-dealkylation sites (tertiary alicyclic amines) is 2. The lowest BCUT2D eigenvalue weighted by molar-refractivity contribution is -0.151. The van der Waals surface area contributed by atoms with Crippen LogP contribution in [-0.2, 0) is 4.79 Å². The zero-order valence-electron chi connectivity index (χ0n) is 13.8. The Balaban J connectivity index is 1.57. The number of aromatic nitrogens is 2. The molecule has 1 aromatic heterocycles. The Bertz CT molecular complexity index is 695. The minimum atomic E-state index is -3.07. The van der Waals surface area contributed by atoms with Gasteiger partial charge in [-0.05, 0) is 31.2 Å². The smallest absolute Gasteiger partial charge is 0.266 e. The predicted octanol–water partition coefficient (Wildman–Crippen LogP) is 1.59. The van der Waals surface area contributed by atoms with Crippen molar-refractivity contribution in [2.75, 3.05) is 26.2 Å². The summed E-state index contributed by atoms with van der Waals surface area (Å²) in [5, 5.41) is 7.23. The van der Waals surface area contributed by atoms with Gasteiger partial charge in [0.1, 0.15) is 0 Å². The molecule has 1 aromatic rings. The summed E-state index contributed by atoms with van der Waals surface area (Å²) < 4.78 is 28.8. The molecular formula is C17H20F2N4O2. The molecule has 3 aliphatic rings. The van der Waals surface area contributed by atoms with Gasteiger partial charge < -0.3 is 9.80 Å². The summed E-state index contributed by atoms with van der Waals surface area (Å²) in [7, 11) is 0. The van der Waals surface area contributed by atoms with Crippen molar-refractivity contribution in [3.63, 3.8) is 0 Å². The lowest BCUT2D eigenvalue weighted by atomic mass is 9.76. The fourth-order valence-electron chi connectivity index (χ4n) is 4.04. The van der Waals surface area contributed by atoms with E-state index in [0.717, 1.165) is 17.7 Å². The number of rotatable bonds is 3. The van der Waals surface area contributed by atoms with E-state index in [1.165, 1.54) is 18.5 Å². The molecule has 2 aliphatic heterocycles. The maximum absolute atomic E-state index is 14.4. The summed E-state index contributed by atoms with van der Waals surface area (Å²) in [6, 6.07) is 1.45. The lowest BCUT2D eigenvalue weighted by Crippen LogP contribution is -2.57. The Labute approximate surface area is 144 Å². The number of hydrogen-bond donors (Lipinski definition) is 0. The van der Waals surface area contributed by atoms with Gasteiger partial charge in [-0.25, -0.2) is 8.78 Å². The van der Waals surface area contributed by atoms with Gasteiger partial charge in [0.15, 0.2) is 0 Å². The molecule has 0 bridgehead atoms. The van der Waals surface area contributed by atoms with Crippen molar-refractivity contribution < 1.29 is 18.4 Å². The number of nitrogens with zero attached hydrogens (tertiary/aromatic N) is 4. The highest BCUT2D eigenvalue weighted by molar-refractivity contribution is 5.95. The largest absolute Gasteiger partial charge is 0.342 e. The summed E-state index contributed by atoms with van der Waals surface area (Å²) in [6.45, 7) is 0.550. The molecule has 3 heterocycles. The van der Waals surface area contributed by atoms with E-state index in [2.05, 4.69) is 10.2 Å². The fraction of sp³-hybridized carbons (Fsp3) is 0.647. The van der Waals surface area contributed by atoms with Gasteiger partial charge >= 0.3 is 0 Å². The topological polar surface area (TPSA) is 66.4 Å². The van der Waals surface area contributed by atoms with Crippen molar-refractivity contribution in [2.45, 2.75) is 31.6 Å². The first-order valence-corrected chi connectivity index (χ1v) is 8.62. The second-order valence-corrected chi connectivity index (χ2v) is 7.55. The zero-order chi connectivity index (χ0) is 17.7. The van der Waals surface area contributed by atoms with Gasteiger partial charge in [-0.3, -0.25) is 9.59 Å². The van der Waals surface area contributed by atoms with Crippen molar-refractivity contribution in [1.82, 2.24) is 20.0 Å².